The lowest BCUT2D eigenvalue weighted by Crippen LogP contribution is -2.11. The van der Waals surface area contributed by atoms with Gasteiger partial charge in [0.15, 0.2) is 5.58 Å². The Balaban J connectivity index is 1.66. The number of nitrogens with one attached hydrogen (secondary N) is 1. The van der Waals surface area contributed by atoms with Crippen LogP contribution in [0.3, 0.4) is 0 Å². The molecule has 0 bridgehead atoms. The molecule has 0 fully saturated rings. The van der Waals surface area contributed by atoms with Gasteiger partial charge in [0.25, 0.3) is 10.0 Å². The molecule has 9 heteroatoms. The molecule has 0 amide bonds. The maximum absolute atomic E-state index is 12.4. The van der Waals surface area contributed by atoms with Gasteiger partial charge in [0.1, 0.15) is 9.73 Å². The van der Waals surface area contributed by atoms with Crippen LogP contribution >= 0.6 is 22.9 Å². The molecule has 6 nitrogen and oxygen atoms in total. The number of hydrogen-bond donors (Lipinski definition) is 2. The van der Waals surface area contributed by atoms with Crippen molar-refractivity contribution in [3.8, 4) is 11.5 Å². The summed E-state index contributed by atoms with van der Waals surface area (Å²) in [4.78, 5) is 4.42. The highest BCUT2D eigenvalue weighted by Crippen LogP contribution is 2.30. The van der Waals surface area contributed by atoms with Crippen LogP contribution in [0.5, 0.6) is 0 Å². The van der Waals surface area contributed by atoms with Crippen molar-refractivity contribution in [2.75, 3.05) is 10.5 Å². The van der Waals surface area contributed by atoms with Crippen LogP contribution in [0.2, 0.25) is 4.34 Å². The van der Waals surface area contributed by atoms with Crippen molar-refractivity contribution in [2.45, 2.75) is 4.21 Å². The molecule has 0 radical (unpaired) electrons. The zero-order chi connectivity index (χ0) is 18.3. The topological polar surface area (TPSA) is 98.2 Å². The van der Waals surface area contributed by atoms with Crippen LogP contribution in [0.4, 0.5) is 11.4 Å². The number of rotatable bonds is 4. The summed E-state index contributed by atoms with van der Waals surface area (Å²) in [5.74, 6) is 0.435. The summed E-state index contributed by atoms with van der Waals surface area (Å²) in [5, 5.41) is 0. The lowest BCUT2D eigenvalue weighted by molar-refractivity contribution is 0.603. The third-order valence-corrected chi connectivity index (χ3v) is 6.72. The number of nitrogen functional groups attached to an aromatic ring is 1. The maximum Gasteiger partial charge on any atom is 0.271 e. The first kappa shape index (κ1) is 16.9. The fraction of sp³-hybridized carbons (Fsp3) is 0. The van der Waals surface area contributed by atoms with E-state index in [0.717, 1.165) is 16.9 Å². The van der Waals surface area contributed by atoms with E-state index in [0.29, 0.717) is 32.7 Å². The smallest absolute Gasteiger partial charge is 0.271 e. The highest BCUT2D eigenvalue weighted by molar-refractivity contribution is 7.94. The minimum absolute atomic E-state index is 0.144. The predicted molar refractivity (Wildman–Crippen MR) is 104 cm³/mol. The molecule has 26 heavy (non-hydrogen) atoms. The van der Waals surface area contributed by atoms with Crippen LogP contribution < -0.4 is 10.5 Å². The molecule has 0 aliphatic heterocycles. The fourth-order valence-electron chi connectivity index (χ4n) is 2.39. The standard InChI is InChI=1S/C17H12ClN3O3S2/c18-15-7-8-16(25-15)26(22,23)21-12-5-6-14-13(9-12)20-17(24-14)10-1-3-11(19)4-2-10/h1-9,21H,19H2. The molecule has 0 unspecified atom stereocenters. The highest BCUT2D eigenvalue weighted by Gasteiger charge is 2.17. The Morgan fingerprint density at radius 2 is 1.85 bits per heavy atom. The Morgan fingerprint density at radius 1 is 1.08 bits per heavy atom. The Kier molecular flexibility index (Phi) is 4.10. The average Bonchev–Trinajstić information content (AvgIpc) is 3.21. The van der Waals surface area contributed by atoms with Crippen molar-refractivity contribution < 1.29 is 12.8 Å². The van der Waals surface area contributed by atoms with Gasteiger partial charge in [-0.3, -0.25) is 4.72 Å². The van der Waals surface area contributed by atoms with Gasteiger partial charge in [0.2, 0.25) is 5.89 Å². The van der Waals surface area contributed by atoms with E-state index < -0.39 is 10.0 Å². The first-order chi connectivity index (χ1) is 12.4. The molecule has 0 aliphatic rings. The summed E-state index contributed by atoms with van der Waals surface area (Å²) < 4.78 is 33.6. The van der Waals surface area contributed by atoms with Crippen molar-refractivity contribution >= 4 is 55.4 Å². The number of oxazole rings is 1. The first-order valence-corrected chi connectivity index (χ1v) is 10.1. The SMILES string of the molecule is Nc1ccc(-c2nc3cc(NS(=O)(=O)c4ccc(Cl)s4)ccc3o2)cc1. The zero-order valence-electron chi connectivity index (χ0n) is 13.1. The predicted octanol–water partition coefficient (Wildman–Crippen LogP) is 4.59. The van der Waals surface area contributed by atoms with Crippen LogP contribution in [0.15, 0.2) is 63.2 Å². The van der Waals surface area contributed by atoms with E-state index in [-0.39, 0.29) is 4.21 Å². The molecule has 0 spiro atoms. The van der Waals surface area contributed by atoms with Gasteiger partial charge in [0, 0.05) is 11.3 Å². The number of sulfonamides is 1. The molecule has 2 aromatic carbocycles. The van der Waals surface area contributed by atoms with E-state index in [1.165, 1.54) is 6.07 Å². The molecule has 132 valence electrons. The summed E-state index contributed by atoms with van der Waals surface area (Å²) in [6.45, 7) is 0. The Bertz CT molecular complexity index is 1200. The second kappa shape index (κ2) is 6.31. The number of aromatic nitrogens is 1. The van der Waals surface area contributed by atoms with Crippen LogP contribution in [0, 0.1) is 0 Å². The van der Waals surface area contributed by atoms with Crippen LogP contribution in [-0.2, 0) is 10.0 Å². The van der Waals surface area contributed by atoms with Crippen LogP contribution in [0.25, 0.3) is 22.6 Å². The summed E-state index contributed by atoms with van der Waals surface area (Å²) in [7, 11) is -3.70. The number of thiophene rings is 1. The minimum atomic E-state index is -3.70. The van der Waals surface area contributed by atoms with Crippen molar-refractivity contribution in [3.05, 3.63) is 58.9 Å². The van der Waals surface area contributed by atoms with E-state index in [1.54, 1.807) is 36.4 Å². The number of nitrogens with two attached hydrogens (primary N) is 1. The minimum Gasteiger partial charge on any atom is -0.436 e. The van der Waals surface area contributed by atoms with Crippen molar-refractivity contribution in [1.29, 1.82) is 0 Å². The molecule has 0 atom stereocenters. The van der Waals surface area contributed by atoms with E-state index >= 15 is 0 Å². The number of halogens is 1. The van der Waals surface area contributed by atoms with Gasteiger partial charge in [-0.05, 0) is 54.6 Å². The maximum atomic E-state index is 12.4. The van der Waals surface area contributed by atoms with Gasteiger partial charge >= 0.3 is 0 Å². The van der Waals surface area contributed by atoms with Crippen molar-refractivity contribution in [2.24, 2.45) is 0 Å². The molecule has 3 N–H and O–H groups in total. The highest BCUT2D eigenvalue weighted by atomic mass is 35.5. The lowest BCUT2D eigenvalue weighted by atomic mass is 10.2. The Morgan fingerprint density at radius 3 is 2.54 bits per heavy atom. The summed E-state index contributed by atoms with van der Waals surface area (Å²) >= 11 is 6.81. The fourth-order valence-corrected chi connectivity index (χ4v) is 4.92. The van der Waals surface area contributed by atoms with E-state index in [4.69, 9.17) is 21.8 Å². The zero-order valence-corrected chi connectivity index (χ0v) is 15.5. The molecule has 4 rings (SSSR count). The quantitative estimate of drug-likeness (QED) is 0.484. The summed E-state index contributed by atoms with van der Waals surface area (Å²) in [6, 6.07) is 15.0. The second-order valence-electron chi connectivity index (χ2n) is 5.49. The average molecular weight is 406 g/mol. The number of nitrogens with zero attached hydrogens (tertiary/aromatic N) is 1. The van der Waals surface area contributed by atoms with Gasteiger partial charge in [0.05, 0.1) is 10.0 Å². The van der Waals surface area contributed by atoms with Gasteiger partial charge in [-0.25, -0.2) is 13.4 Å². The van der Waals surface area contributed by atoms with Crippen molar-refractivity contribution in [1.82, 2.24) is 4.98 Å². The normalized spacial score (nSPS) is 11.7. The van der Waals surface area contributed by atoms with Gasteiger partial charge in [-0.15, -0.1) is 11.3 Å². The Labute approximate surface area is 158 Å². The summed E-state index contributed by atoms with van der Waals surface area (Å²) in [6.07, 6.45) is 0. The van der Waals surface area contributed by atoms with Gasteiger partial charge in [-0.1, -0.05) is 11.6 Å². The van der Waals surface area contributed by atoms with E-state index in [9.17, 15) is 8.42 Å². The molecular weight excluding hydrogens is 394 g/mol. The van der Waals surface area contributed by atoms with Crippen LogP contribution in [-0.4, -0.2) is 13.4 Å². The molecule has 0 saturated heterocycles. The van der Waals surface area contributed by atoms with Crippen molar-refractivity contribution in [3.63, 3.8) is 0 Å². The molecule has 2 aromatic heterocycles. The lowest BCUT2D eigenvalue weighted by Gasteiger charge is -2.05. The van der Waals surface area contributed by atoms with Gasteiger partial charge in [-0.2, -0.15) is 0 Å². The molecule has 0 saturated carbocycles. The molecule has 2 heterocycles. The van der Waals surface area contributed by atoms with Crippen LogP contribution in [0.1, 0.15) is 0 Å². The first-order valence-electron chi connectivity index (χ1n) is 7.45. The second-order valence-corrected chi connectivity index (χ2v) is 9.11. The number of anilines is 2. The largest absolute Gasteiger partial charge is 0.436 e. The van der Waals surface area contributed by atoms with Gasteiger partial charge < -0.3 is 10.2 Å². The third-order valence-electron chi connectivity index (χ3n) is 3.61. The third kappa shape index (κ3) is 3.26. The summed E-state index contributed by atoms with van der Waals surface area (Å²) in [5.41, 5.74) is 8.60. The number of benzene rings is 2. The number of fused-ring (bicyclic) bond motifs is 1. The monoisotopic (exact) mass is 405 g/mol. The molecule has 0 aliphatic carbocycles. The number of hydrogen-bond acceptors (Lipinski definition) is 6. The van der Waals surface area contributed by atoms with E-state index in [2.05, 4.69) is 9.71 Å². The molecular formula is C17H12ClN3O3S2. The molecule has 4 aromatic rings. The Hall–Kier alpha value is -2.55. The van der Waals surface area contributed by atoms with E-state index in [1.807, 2.05) is 12.1 Å².